The smallest absolute Gasteiger partial charge is 0.351 e. The lowest BCUT2D eigenvalue weighted by atomic mass is 9.82. The number of anilines is 2. The maximum absolute atomic E-state index is 12.6. The van der Waals surface area contributed by atoms with E-state index >= 15 is 0 Å². The molecule has 0 spiro atoms. The second-order valence-electron chi connectivity index (χ2n) is 6.25. The van der Waals surface area contributed by atoms with Crippen LogP contribution in [0.25, 0.3) is 11.0 Å². The predicted octanol–water partition coefficient (Wildman–Crippen LogP) is 1.03. The van der Waals surface area contributed by atoms with Crippen molar-refractivity contribution in [1.82, 2.24) is 4.98 Å². The van der Waals surface area contributed by atoms with Crippen molar-refractivity contribution in [2.24, 2.45) is 23.7 Å². The van der Waals surface area contributed by atoms with Gasteiger partial charge < -0.3 is 10.4 Å². The van der Waals surface area contributed by atoms with Crippen molar-refractivity contribution in [3.8, 4) is 0 Å². The number of nitrogens with one attached hydrogen (secondary N) is 3. The van der Waals surface area contributed by atoms with Crippen LogP contribution in [0.3, 0.4) is 0 Å². The molecule has 1 aromatic heterocycles. The molecule has 1 fully saturated rings. The lowest BCUT2D eigenvalue weighted by molar-refractivity contribution is -0.325. The van der Waals surface area contributed by atoms with Crippen molar-refractivity contribution >= 4 is 34.5 Å². The number of imidazole rings is 1. The molecule has 1 aromatic carbocycles. The topological polar surface area (TPSA) is 122 Å². The maximum atomic E-state index is 12.6. The molecule has 2 aliphatic rings. The summed E-state index contributed by atoms with van der Waals surface area (Å²) in [6.07, 6.45) is 4.64. The number of allylic oxidation sites excluding steroid dienone is 2. The number of carbonyl (C=O) groups is 2. The van der Waals surface area contributed by atoms with Crippen LogP contribution in [0.4, 0.5) is 11.6 Å². The third kappa shape index (κ3) is 2.16. The molecule has 7 heteroatoms. The molecule has 4 rings (SSSR count). The van der Waals surface area contributed by atoms with Crippen LogP contribution in [0.5, 0.6) is 0 Å². The molecule has 23 heavy (non-hydrogen) atoms. The third-order valence-electron chi connectivity index (χ3n) is 4.87. The van der Waals surface area contributed by atoms with Crippen LogP contribution in [-0.4, -0.2) is 22.0 Å². The van der Waals surface area contributed by atoms with Gasteiger partial charge in [0.25, 0.3) is 0 Å². The first-order chi connectivity index (χ1) is 11.0. The standard InChI is InChI=1S/C16H16N4O3/c17-16-19-10-4-3-9(6-11(10)20-16)18-14(21)12-7-1-2-8(5-7)13(12)15(22)23/h1-4,6-8,12-13H,5H2,(H,18,21)(H,22,23)(H3,17,19,20)/p+1. The average Bonchev–Trinajstić information content (AvgIpc) is 3.18. The van der Waals surface area contributed by atoms with Gasteiger partial charge in [0.15, 0.2) is 0 Å². The Labute approximate surface area is 131 Å². The van der Waals surface area contributed by atoms with Crippen molar-refractivity contribution in [2.75, 3.05) is 11.1 Å². The number of hydrogen-bond donors (Lipinski definition) is 4. The summed E-state index contributed by atoms with van der Waals surface area (Å²) >= 11 is 0. The van der Waals surface area contributed by atoms with Gasteiger partial charge in [-0.1, -0.05) is 12.2 Å². The average molecular weight is 313 g/mol. The fraction of sp³-hybridized carbons (Fsp3) is 0.312. The zero-order valence-electron chi connectivity index (χ0n) is 12.2. The maximum Gasteiger partial charge on any atom is 0.351 e. The number of aromatic nitrogens is 2. The minimum absolute atomic E-state index is 0.0132. The van der Waals surface area contributed by atoms with Crippen molar-refractivity contribution in [2.45, 2.75) is 6.42 Å². The lowest BCUT2D eigenvalue weighted by Crippen LogP contribution is -2.36. The quantitative estimate of drug-likeness (QED) is 0.632. The first-order valence-corrected chi connectivity index (χ1v) is 7.55. The number of aliphatic carboxylic acids is 1. The van der Waals surface area contributed by atoms with Gasteiger partial charge >= 0.3 is 11.9 Å². The molecule has 7 nitrogen and oxygen atoms in total. The highest BCUT2D eigenvalue weighted by atomic mass is 16.4. The summed E-state index contributed by atoms with van der Waals surface area (Å²) in [6, 6.07) is 5.36. The van der Waals surface area contributed by atoms with E-state index in [0.29, 0.717) is 11.6 Å². The van der Waals surface area contributed by atoms with Gasteiger partial charge in [-0.2, -0.15) is 0 Å². The number of carboxylic acids is 1. The Morgan fingerprint density at radius 2 is 2.00 bits per heavy atom. The van der Waals surface area contributed by atoms with E-state index in [1.165, 1.54) is 0 Å². The fourth-order valence-corrected chi connectivity index (χ4v) is 3.90. The summed E-state index contributed by atoms with van der Waals surface area (Å²) in [7, 11) is 0. The van der Waals surface area contributed by atoms with Crippen molar-refractivity contribution < 1.29 is 19.7 Å². The van der Waals surface area contributed by atoms with Crippen LogP contribution >= 0.6 is 0 Å². The fourth-order valence-electron chi connectivity index (χ4n) is 3.90. The van der Waals surface area contributed by atoms with Crippen LogP contribution in [0, 0.1) is 23.7 Å². The highest BCUT2D eigenvalue weighted by Gasteiger charge is 2.51. The van der Waals surface area contributed by atoms with Gasteiger partial charge in [0.05, 0.1) is 11.8 Å². The highest BCUT2D eigenvalue weighted by molar-refractivity contribution is 5.97. The molecule has 0 radical (unpaired) electrons. The molecule has 1 heterocycles. The minimum atomic E-state index is -0.899. The van der Waals surface area contributed by atoms with Crippen LogP contribution in [0.1, 0.15) is 6.42 Å². The van der Waals surface area contributed by atoms with Crippen molar-refractivity contribution in [3.05, 3.63) is 30.4 Å². The highest BCUT2D eigenvalue weighted by Crippen LogP contribution is 2.48. The Kier molecular flexibility index (Phi) is 2.90. The van der Waals surface area contributed by atoms with Gasteiger partial charge in [0, 0.05) is 11.8 Å². The van der Waals surface area contributed by atoms with Gasteiger partial charge in [-0.15, -0.1) is 0 Å². The molecule has 1 saturated carbocycles. The Morgan fingerprint density at radius 1 is 1.26 bits per heavy atom. The monoisotopic (exact) mass is 313 g/mol. The molecule has 6 N–H and O–H groups in total. The van der Waals surface area contributed by atoms with E-state index < -0.39 is 17.8 Å². The van der Waals surface area contributed by atoms with E-state index in [2.05, 4.69) is 15.3 Å². The van der Waals surface area contributed by atoms with Crippen LogP contribution in [-0.2, 0) is 9.59 Å². The van der Waals surface area contributed by atoms with E-state index in [4.69, 9.17) is 5.73 Å². The number of aromatic amines is 2. The van der Waals surface area contributed by atoms with E-state index in [1.807, 2.05) is 18.2 Å². The molecular formula is C16H17N4O3+. The summed E-state index contributed by atoms with van der Waals surface area (Å²) in [6.45, 7) is 0. The number of carbonyl (C=O) groups excluding carboxylic acids is 1. The molecule has 2 bridgehead atoms. The van der Waals surface area contributed by atoms with E-state index in [9.17, 15) is 14.7 Å². The summed E-state index contributed by atoms with van der Waals surface area (Å²) in [5.41, 5.74) is 7.90. The van der Waals surface area contributed by atoms with Crippen LogP contribution < -0.4 is 16.0 Å². The number of hydrogen-bond acceptors (Lipinski definition) is 3. The Bertz CT molecular complexity index is 841. The third-order valence-corrected chi connectivity index (χ3v) is 4.87. The Balaban J connectivity index is 1.58. The second kappa shape index (κ2) is 4.84. The molecule has 2 aliphatic carbocycles. The molecule has 0 saturated heterocycles. The number of amides is 1. The number of nitrogens with two attached hydrogens (primary N) is 1. The van der Waals surface area contributed by atoms with E-state index in [1.54, 1.807) is 12.1 Å². The summed E-state index contributed by atoms with van der Waals surface area (Å²) in [4.78, 5) is 30.0. The van der Waals surface area contributed by atoms with E-state index in [0.717, 1.165) is 17.5 Å². The van der Waals surface area contributed by atoms with Crippen LogP contribution in [0.15, 0.2) is 30.4 Å². The minimum Gasteiger partial charge on any atom is -0.481 e. The van der Waals surface area contributed by atoms with Crippen molar-refractivity contribution in [3.63, 3.8) is 0 Å². The van der Waals surface area contributed by atoms with Crippen LogP contribution in [0.2, 0.25) is 0 Å². The molecule has 4 unspecified atom stereocenters. The first-order valence-electron chi connectivity index (χ1n) is 7.55. The lowest BCUT2D eigenvalue weighted by Gasteiger charge is -2.23. The van der Waals surface area contributed by atoms with Gasteiger partial charge in [-0.25, -0.2) is 9.97 Å². The zero-order valence-corrected chi connectivity index (χ0v) is 12.2. The van der Waals surface area contributed by atoms with Gasteiger partial charge in [0.2, 0.25) is 5.91 Å². The summed E-state index contributed by atoms with van der Waals surface area (Å²) < 4.78 is 0. The zero-order chi connectivity index (χ0) is 16.1. The normalized spacial score (nSPS) is 28.3. The van der Waals surface area contributed by atoms with Crippen molar-refractivity contribution in [1.29, 1.82) is 0 Å². The molecule has 1 amide bonds. The SMILES string of the molecule is Nc1[nH]c2cc(NC(=O)C3C4C=CC(C4)C3C(=O)O)ccc2[nH+]1. The number of carboxylic acid groups (broad SMARTS) is 1. The molecular weight excluding hydrogens is 296 g/mol. The van der Waals surface area contributed by atoms with Gasteiger partial charge in [-0.05, 0) is 30.4 Å². The molecule has 2 aromatic rings. The van der Waals surface area contributed by atoms with E-state index in [-0.39, 0.29) is 17.7 Å². The first kappa shape index (κ1) is 13.8. The van der Waals surface area contributed by atoms with Gasteiger partial charge in [-0.3, -0.25) is 15.3 Å². The van der Waals surface area contributed by atoms with Gasteiger partial charge in [0.1, 0.15) is 11.0 Å². The number of benzene rings is 1. The number of H-pyrrole nitrogens is 2. The second-order valence-corrected chi connectivity index (χ2v) is 6.25. The molecule has 0 aliphatic heterocycles. The number of fused-ring (bicyclic) bond motifs is 3. The molecule has 4 atom stereocenters. The number of rotatable bonds is 3. The summed E-state index contributed by atoms with van der Waals surface area (Å²) in [5.74, 6) is -1.87. The predicted molar refractivity (Wildman–Crippen MR) is 83.2 cm³/mol. The largest absolute Gasteiger partial charge is 0.481 e. The Hall–Kier alpha value is -2.83. The number of nitrogen functional groups attached to an aromatic ring is 1. The summed E-state index contributed by atoms with van der Waals surface area (Å²) in [5, 5.41) is 12.3. The molecule has 118 valence electrons. The Morgan fingerprint density at radius 3 is 2.74 bits per heavy atom.